The third kappa shape index (κ3) is 2.47. The van der Waals surface area contributed by atoms with Gasteiger partial charge in [0.15, 0.2) is 18.2 Å². The summed E-state index contributed by atoms with van der Waals surface area (Å²) in [5.74, 6) is -0.246. The van der Waals surface area contributed by atoms with Crippen LogP contribution < -0.4 is 5.73 Å². The molecule has 2 rings (SSSR count). The number of alkyl halides is 1. The lowest BCUT2D eigenvalue weighted by Crippen LogP contribution is -2.49. The van der Waals surface area contributed by atoms with Crippen molar-refractivity contribution in [2.24, 2.45) is 4.99 Å². The van der Waals surface area contributed by atoms with E-state index in [0.29, 0.717) is 11.6 Å². The van der Waals surface area contributed by atoms with Crippen LogP contribution >= 0.6 is 0 Å². The molecule has 6 heteroatoms. The molecular weight excluding hydrogens is 266 g/mol. The molecule has 0 bridgehead atoms. The van der Waals surface area contributed by atoms with Gasteiger partial charge in [-0.2, -0.15) is 0 Å². The molecule has 4 nitrogen and oxygen atoms in total. The van der Waals surface area contributed by atoms with E-state index in [9.17, 15) is 8.78 Å². The molecule has 0 spiro atoms. The average molecular weight is 284 g/mol. The Morgan fingerprint density at radius 2 is 2.20 bits per heavy atom. The maximum absolute atomic E-state index is 14.7. The van der Waals surface area contributed by atoms with Gasteiger partial charge in [-0.05, 0) is 25.1 Å². The smallest absolute Gasteiger partial charge is 0.181 e. The van der Waals surface area contributed by atoms with Crippen molar-refractivity contribution in [3.05, 3.63) is 29.6 Å². The first kappa shape index (κ1) is 14.7. The molecule has 0 amide bonds. The second kappa shape index (κ2) is 5.36. The van der Waals surface area contributed by atoms with Crippen molar-refractivity contribution < 1.29 is 18.3 Å². The van der Waals surface area contributed by atoms with Crippen molar-refractivity contribution >= 4 is 11.6 Å². The second-order valence-corrected chi connectivity index (χ2v) is 5.03. The number of hydrogen-bond acceptors (Lipinski definition) is 4. The molecular formula is C14H18F2N2O2. The summed E-state index contributed by atoms with van der Waals surface area (Å²) in [5.41, 5.74) is 4.77. The minimum atomic E-state index is -1.54. The average Bonchev–Trinajstić information content (AvgIpc) is 2.38. The van der Waals surface area contributed by atoms with Crippen molar-refractivity contribution in [3.63, 3.8) is 0 Å². The molecule has 1 heterocycles. The highest BCUT2D eigenvalue weighted by atomic mass is 19.1. The molecule has 3 atom stereocenters. The van der Waals surface area contributed by atoms with Crippen LogP contribution in [-0.4, -0.2) is 31.9 Å². The normalized spacial score (nSPS) is 29.8. The van der Waals surface area contributed by atoms with E-state index in [1.807, 2.05) is 0 Å². The van der Waals surface area contributed by atoms with E-state index in [1.54, 1.807) is 6.92 Å². The third-order valence-corrected chi connectivity index (χ3v) is 3.44. The summed E-state index contributed by atoms with van der Waals surface area (Å²) in [6.07, 6.45) is -2.37. The lowest BCUT2D eigenvalue weighted by atomic mass is 9.83. The van der Waals surface area contributed by atoms with Crippen molar-refractivity contribution in [3.8, 4) is 0 Å². The maximum Gasteiger partial charge on any atom is 0.181 e. The van der Waals surface area contributed by atoms with Gasteiger partial charge < -0.3 is 15.2 Å². The molecule has 0 aromatic heterocycles. The molecule has 20 heavy (non-hydrogen) atoms. The minimum Gasteiger partial charge on any atom is -0.472 e. The summed E-state index contributed by atoms with van der Waals surface area (Å²) in [6.45, 7) is 3.20. The number of anilines is 1. The van der Waals surface area contributed by atoms with E-state index in [4.69, 9.17) is 15.2 Å². The summed E-state index contributed by atoms with van der Waals surface area (Å²) in [6, 6.07) is 4.06. The standard InChI is InChI=1S/C14H18F2N2O2/c1-8-18-14(2,13(16)12(20-8)7-19-3)10-6-9(17)4-5-11(10)15/h4-6,12-13H,7,17H2,1-3H3/t12-,13+,14-/m1/s1. The summed E-state index contributed by atoms with van der Waals surface area (Å²) >= 11 is 0. The molecule has 1 aromatic carbocycles. The Bertz CT molecular complexity index is 536. The lowest BCUT2D eigenvalue weighted by Gasteiger charge is -2.38. The van der Waals surface area contributed by atoms with Crippen molar-refractivity contribution in [1.29, 1.82) is 0 Å². The number of nitrogens with two attached hydrogens (primary N) is 1. The molecule has 0 fully saturated rings. The number of benzene rings is 1. The predicted octanol–water partition coefficient (Wildman–Crippen LogP) is 2.42. The first-order valence-corrected chi connectivity index (χ1v) is 6.30. The van der Waals surface area contributed by atoms with Crippen LogP contribution in [0.15, 0.2) is 23.2 Å². The number of nitrogen functional groups attached to an aromatic ring is 1. The third-order valence-electron chi connectivity index (χ3n) is 3.44. The number of methoxy groups -OCH3 is 1. The Morgan fingerprint density at radius 3 is 2.85 bits per heavy atom. The number of ether oxygens (including phenoxy) is 2. The topological polar surface area (TPSA) is 56.8 Å². The van der Waals surface area contributed by atoms with Gasteiger partial charge in [0.1, 0.15) is 11.4 Å². The van der Waals surface area contributed by atoms with Crippen LogP contribution in [0.25, 0.3) is 0 Å². The highest BCUT2D eigenvalue weighted by Crippen LogP contribution is 2.39. The second-order valence-electron chi connectivity index (χ2n) is 5.03. The van der Waals surface area contributed by atoms with Crippen LogP contribution in [0.4, 0.5) is 14.5 Å². The lowest BCUT2D eigenvalue weighted by molar-refractivity contribution is -0.0250. The molecule has 0 saturated heterocycles. The Balaban J connectivity index is 2.50. The summed E-state index contributed by atoms with van der Waals surface area (Å²) < 4.78 is 39.1. The van der Waals surface area contributed by atoms with Crippen LogP contribution in [-0.2, 0) is 15.0 Å². The number of aliphatic imine (C=N–C) groups is 1. The van der Waals surface area contributed by atoms with E-state index in [1.165, 1.54) is 32.2 Å². The minimum absolute atomic E-state index is 0.0630. The maximum atomic E-state index is 14.7. The Morgan fingerprint density at radius 1 is 1.50 bits per heavy atom. The zero-order valence-electron chi connectivity index (χ0n) is 11.7. The van der Waals surface area contributed by atoms with Crippen LogP contribution in [0.2, 0.25) is 0 Å². The van der Waals surface area contributed by atoms with Gasteiger partial charge in [0, 0.05) is 25.3 Å². The van der Waals surface area contributed by atoms with Gasteiger partial charge in [0.05, 0.1) is 6.61 Å². The highest BCUT2D eigenvalue weighted by Gasteiger charge is 2.47. The van der Waals surface area contributed by atoms with E-state index in [-0.39, 0.29) is 12.2 Å². The Kier molecular flexibility index (Phi) is 3.94. The van der Waals surface area contributed by atoms with Crippen LogP contribution in [0.1, 0.15) is 19.4 Å². The van der Waals surface area contributed by atoms with Crippen molar-refractivity contribution in [1.82, 2.24) is 0 Å². The van der Waals surface area contributed by atoms with Crippen molar-refractivity contribution in [2.75, 3.05) is 19.5 Å². The Labute approximate surface area is 116 Å². The fraction of sp³-hybridized carbons (Fsp3) is 0.500. The number of nitrogens with zero attached hydrogens (tertiary/aromatic N) is 1. The molecule has 0 saturated carbocycles. The van der Waals surface area contributed by atoms with E-state index < -0.39 is 23.6 Å². The Hall–Kier alpha value is -1.69. The van der Waals surface area contributed by atoms with E-state index in [2.05, 4.69) is 4.99 Å². The fourth-order valence-electron chi connectivity index (χ4n) is 2.48. The van der Waals surface area contributed by atoms with Crippen LogP contribution in [0.5, 0.6) is 0 Å². The molecule has 0 radical (unpaired) electrons. The zero-order chi connectivity index (χ0) is 14.9. The predicted molar refractivity (Wildman–Crippen MR) is 72.9 cm³/mol. The van der Waals surface area contributed by atoms with Gasteiger partial charge in [-0.1, -0.05) is 0 Å². The van der Waals surface area contributed by atoms with Crippen LogP contribution in [0.3, 0.4) is 0 Å². The largest absolute Gasteiger partial charge is 0.472 e. The molecule has 1 aromatic rings. The monoisotopic (exact) mass is 284 g/mol. The van der Waals surface area contributed by atoms with E-state index >= 15 is 0 Å². The van der Waals surface area contributed by atoms with E-state index in [0.717, 1.165) is 0 Å². The van der Waals surface area contributed by atoms with Crippen LogP contribution in [0, 0.1) is 5.82 Å². The molecule has 1 aliphatic rings. The van der Waals surface area contributed by atoms with Gasteiger partial charge in [-0.3, -0.25) is 0 Å². The fourth-order valence-corrected chi connectivity index (χ4v) is 2.48. The summed E-state index contributed by atoms with van der Waals surface area (Å²) in [4.78, 5) is 4.17. The van der Waals surface area contributed by atoms with Gasteiger partial charge >= 0.3 is 0 Å². The summed E-state index contributed by atoms with van der Waals surface area (Å²) in [7, 11) is 1.45. The molecule has 0 aliphatic carbocycles. The molecule has 0 unspecified atom stereocenters. The SMILES string of the molecule is COC[C@H]1OC(C)=N[C@](C)(c2cc(N)ccc2F)[C@H]1F. The first-order chi connectivity index (χ1) is 9.38. The highest BCUT2D eigenvalue weighted by molar-refractivity contribution is 5.75. The number of hydrogen-bond donors (Lipinski definition) is 1. The quantitative estimate of drug-likeness (QED) is 0.867. The van der Waals surface area contributed by atoms with Gasteiger partial charge in [-0.15, -0.1) is 0 Å². The van der Waals surface area contributed by atoms with Gasteiger partial charge in [0.25, 0.3) is 0 Å². The molecule has 2 N–H and O–H groups in total. The summed E-state index contributed by atoms with van der Waals surface area (Å²) in [5, 5.41) is 0. The zero-order valence-corrected chi connectivity index (χ0v) is 11.7. The van der Waals surface area contributed by atoms with Gasteiger partial charge in [-0.25, -0.2) is 13.8 Å². The number of rotatable bonds is 3. The van der Waals surface area contributed by atoms with Crippen molar-refractivity contribution in [2.45, 2.75) is 31.7 Å². The molecule has 1 aliphatic heterocycles. The van der Waals surface area contributed by atoms with Gasteiger partial charge in [0.2, 0.25) is 0 Å². The number of halogens is 2. The first-order valence-electron chi connectivity index (χ1n) is 6.30. The molecule has 110 valence electrons.